The van der Waals surface area contributed by atoms with E-state index in [1.54, 1.807) is 13.0 Å². The average Bonchev–Trinajstić information content (AvgIpc) is 2.74. The predicted molar refractivity (Wildman–Crippen MR) is 94.1 cm³/mol. The first-order chi connectivity index (χ1) is 11.4. The fraction of sp³-hybridized carbons (Fsp3) is 0.474. The SMILES string of the molecule is CC(=O)N1CCCN(Cc2cc(=O)oc3c(C)cc(C)cc23)CC1. The summed E-state index contributed by atoms with van der Waals surface area (Å²) in [4.78, 5) is 27.7. The number of nitrogens with zero attached hydrogens (tertiary/aromatic N) is 2. The van der Waals surface area contributed by atoms with Gasteiger partial charge in [0.25, 0.3) is 0 Å². The molecule has 0 spiro atoms. The Kier molecular flexibility index (Phi) is 4.71. The van der Waals surface area contributed by atoms with Crippen molar-refractivity contribution in [2.75, 3.05) is 26.2 Å². The molecule has 1 saturated heterocycles. The van der Waals surface area contributed by atoms with Gasteiger partial charge in [-0.05, 0) is 43.0 Å². The maximum atomic E-state index is 12.0. The second kappa shape index (κ2) is 6.77. The molecule has 0 aliphatic carbocycles. The van der Waals surface area contributed by atoms with Crippen molar-refractivity contribution < 1.29 is 9.21 Å². The number of amides is 1. The van der Waals surface area contributed by atoms with E-state index in [4.69, 9.17) is 4.42 Å². The molecule has 0 radical (unpaired) electrons. The van der Waals surface area contributed by atoms with Crippen molar-refractivity contribution in [3.05, 3.63) is 45.3 Å². The third-order valence-electron chi connectivity index (χ3n) is 4.69. The monoisotopic (exact) mass is 328 g/mol. The van der Waals surface area contributed by atoms with Crippen LogP contribution in [0.1, 0.15) is 30.0 Å². The summed E-state index contributed by atoms with van der Waals surface area (Å²) in [7, 11) is 0. The molecule has 5 heteroatoms. The normalized spacial score (nSPS) is 16.4. The molecule has 1 fully saturated rings. The second-order valence-electron chi connectivity index (χ2n) is 6.68. The minimum atomic E-state index is -0.301. The molecule has 1 amide bonds. The molecular formula is C19H24N2O3. The molecule has 128 valence electrons. The summed E-state index contributed by atoms with van der Waals surface area (Å²) in [6.45, 7) is 9.65. The van der Waals surface area contributed by atoms with Crippen molar-refractivity contribution >= 4 is 16.9 Å². The zero-order valence-corrected chi connectivity index (χ0v) is 14.6. The standard InChI is InChI=1S/C19H24N2O3/c1-13-9-14(2)19-17(10-13)16(11-18(23)24-19)12-20-5-4-6-21(8-7-20)15(3)22/h9-11H,4-8,12H2,1-3H3. The summed E-state index contributed by atoms with van der Waals surface area (Å²) >= 11 is 0. The minimum Gasteiger partial charge on any atom is -0.422 e. The van der Waals surface area contributed by atoms with Crippen LogP contribution in [-0.2, 0) is 11.3 Å². The quantitative estimate of drug-likeness (QED) is 0.795. The largest absolute Gasteiger partial charge is 0.422 e. The molecule has 1 aliphatic heterocycles. The van der Waals surface area contributed by atoms with Gasteiger partial charge in [0.2, 0.25) is 5.91 Å². The van der Waals surface area contributed by atoms with Crippen LogP contribution < -0.4 is 5.63 Å². The molecule has 24 heavy (non-hydrogen) atoms. The molecule has 0 atom stereocenters. The number of benzene rings is 1. The van der Waals surface area contributed by atoms with Crippen LogP contribution in [0.5, 0.6) is 0 Å². The highest BCUT2D eigenvalue weighted by Gasteiger charge is 2.18. The third-order valence-corrected chi connectivity index (χ3v) is 4.69. The van der Waals surface area contributed by atoms with E-state index in [-0.39, 0.29) is 11.5 Å². The molecule has 1 aliphatic rings. The minimum absolute atomic E-state index is 0.133. The number of hydrogen-bond donors (Lipinski definition) is 0. The van der Waals surface area contributed by atoms with Gasteiger partial charge < -0.3 is 9.32 Å². The van der Waals surface area contributed by atoms with Crippen LogP contribution >= 0.6 is 0 Å². The molecule has 0 saturated carbocycles. The Bertz CT molecular complexity index is 825. The zero-order valence-electron chi connectivity index (χ0n) is 14.6. The topological polar surface area (TPSA) is 53.8 Å². The number of aryl methyl sites for hydroxylation is 2. The van der Waals surface area contributed by atoms with Crippen LogP contribution in [0.3, 0.4) is 0 Å². The molecule has 1 aromatic heterocycles. The molecular weight excluding hydrogens is 304 g/mol. The number of carbonyl (C=O) groups excluding carboxylic acids is 1. The van der Waals surface area contributed by atoms with E-state index in [2.05, 4.69) is 17.9 Å². The highest BCUT2D eigenvalue weighted by Crippen LogP contribution is 2.24. The Morgan fingerprint density at radius 2 is 1.92 bits per heavy atom. The Balaban J connectivity index is 1.90. The first kappa shape index (κ1) is 16.7. The lowest BCUT2D eigenvalue weighted by Crippen LogP contribution is -2.33. The van der Waals surface area contributed by atoms with Gasteiger partial charge in [-0.2, -0.15) is 0 Å². The van der Waals surface area contributed by atoms with Crippen molar-refractivity contribution in [1.29, 1.82) is 0 Å². The van der Waals surface area contributed by atoms with Crippen LogP contribution in [0, 0.1) is 13.8 Å². The van der Waals surface area contributed by atoms with Gasteiger partial charge in [0, 0.05) is 51.1 Å². The molecule has 0 bridgehead atoms. The van der Waals surface area contributed by atoms with Gasteiger partial charge in [0.05, 0.1) is 0 Å². The smallest absolute Gasteiger partial charge is 0.336 e. The van der Waals surface area contributed by atoms with Crippen LogP contribution in [0.2, 0.25) is 0 Å². The van der Waals surface area contributed by atoms with Crippen LogP contribution in [-0.4, -0.2) is 41.9 Å². The number of rotatable bonds is 2. The van der Waals surface area contributed by atoms with E-state index in [0.717, 1.165) is 54.7 Å². The van der Waals surface area contributed by atoms with E-state index in [1.807, 2.05) is 17.9 Å². The van der Waals surface area contributed by atoms with Crippen molar-refractivity contribution in [3.63, 3.8) is 0 Å². The summed E-state index contributed by atoms with van der Waals surface area (Å²) in [5.41, 5.74) is 3.54. The second-order valence-corrected chi connectivity index (χ2v) is 6.68. The van der Waals surface area contributed by atoms with E-state index in [1.165, 1.54) is 0 Å². The first-order valence-corrected chi connectivity index (χ1v) is 8.46. The summed E-state index contributed by atoms with van der Waals surface area (Å²) in [6.07, 6.45) is 0.955. The van der Waals surface area contributed by atoms with Crippen molar-refractivity contribution in [3.8, 4) is 0 Å². The summed E-state index contributed by atoms with van der Waals surface area (Å²) in [5.74, 6) is 0.133. The van der Waals surface area contributed by atoms with Gasteiger partial charge in [0.15, 0.2) is 0 Å². The molecule has 5 nitrogen and oxygen atoms in total. The highest BCUT2D eigenvalue weighted by atomic mass is 16.4. The van der Waals surface area contributed by atoms with E-state index in [9.17, 15) is 9.59 Å². The zero-order chi connectivity index (χ0) is 17.3. The lowest BCUT2D eigenvalue weighted by Gasteiger charge is -2.21. The average molecular weight is 328 g/mol. The van der Waals surface area contributed by atoms with Crippen LogP contribution in [0.25, 0.3) is 11.0 Å². The van der Waals surface area contributed by atoms with Gasteiger partial charge in [-0.1, -0.05) is 6.07 Å². The molecule has 3 rings (SSSR count). The Labute approximate surface area is 141 Å². The summed E-state index contributed by atoms with van der Waals surface area (Å²) in [5, 5.41) is 1.01. The van der Waals surface area contributed by atoms with Crippen LogP contribution in [0.4, 0.5) is 0 Å². The fourth-order valence-corrected chi connectivity index (χ4v) is 3.49. The van der Waals surface area contributed by atoms with Crippen molar-refractivity contribution in [2.45, 2.75) is 33.7 Å². The third kappa shape index (κ3) is 3.51. The van der Waals surface area contributed by atoms with E-state index < -0.39 is 0 Å². The Morgan fingerprint density at radius 1 is 1.12 bits per heavy atom. The Hall–Kier alpha value is -2.14. The lowest BCUT2D eigenvalue weighted by atomic mass is 10.0. The summed E-state index contributed by atoms with van der Waals surface area (Å²) < 4.78 is 5.42. The van der Waals surface area contributed by atoms with Crippen molar-refractivity contribution in [1.82, 2.24) is 9.80 Å². The van der Waals surface area contributed by atoms with Gasteiger partial charge in [-0.25, -0.2) is 4.79 Å². The number of hydrogen-bond acceptors (Lipinski definition) is 4. The molecule has 2 heterocycles. The molecule has 0 N–H and O–H groups in total. The number of fused-ring (bicyclic) bond motifs is 1. The predicted octanol–water partition coefficient (Wildman–Crippen LogP) is 2.46. The maximum absolute atomic E-state index is 12.0. The van der Waals surface area contributed by atoms with E-state index in [0.29, 0.717) is 12.1 Å². The molecule has 0 unspecified atom stereocenters. The highest BCUT2D eigenvalue weighted by molar-refractivity contribution is 5.83. The van der Waals surface area contributed by atoms with Gasteiger partial charge in [0.1, 0.15) is 5.58 Å². The molecule has 1 aromatic carbocycles. The summed E-state index contributed by atoms with van der Waals surface area (Å²) in [6, 6.07) is 5.72. The number of carbonyl (C=O) groups is 1. The fourth-order valence-electron chi connectivity index (χ4n) is 3.49. The Morgan fingerprint density at radius 3 is 2.67 bits per heavy atom. The van der Waals surface area contributed by atoms with Gasteiger partial charge in [-0.3, -0.25) is 9.69 Å². The maximum Gasteiger partial charge on any atom is 0.336 e. The van der Waals surface area contributed by atoms with Crippen molar-refractivity contribution in [2.24, 2.45) is 0 Å². The first-order valence-electron chi connectivity index (χ1n) is 8.46. The van der Waals surface area contributed by atoms with E-state index >= 15 is 0 Å². The van der Waals surface area contributed by atoms with Gasteiger partial charge >= 0.3 is 5.63 Å². The van der Waals surface area contributed by atoms with Gasteiger partial charge in [-0.15, -0.1) is 0 Å². The van der Waals surface area contributed by atoms with Crippen LogP contribution in [0.15, 0.2) is 27.4 Å². The molecule has 2 aromatic rings. The lowest BCUT2D eigenvalue weighted by molar-refractivity contribution is -0.128.